The van der Waals surface area contributed by atoms with Gasteiger partial charge in [0, 0.05) is 42.0 Å². The summed E-state index contributed by atoms with van der Waals surface area (Å²) in [5.41, 5.74) is 3.32. The Morgan fingerprint density at radius 1 is 1.00 bits per heavy atom. The molecule has 178 valence electrons. The number of halogens is 4. The molecule has 2 heterocycles. The second kappa shape index (κ2) is 10.5. The molecule has 0 aliphatic rings. The molecule has 2 aromatic carbocycles. The third-order valence-electron chi connectivity index (χ3n) is 5.41. The second-order valence-electron chi connectivity index (χ2n) is 8.45. The number of hydrogen-bond donors (Lipinski definition) is 3. The van der Waals surface area contributed by atoms with Crippen molar-refractivity contribution in [3.63, 3.8) is 0 Å². The topological polar surface area (TPSA) is 73.8 Å². The van der Waals surface area contributed by atoms with Gasteiger partial charge in [0.25, 0.3) is 0 Å². The average molecular weight is 505 g/mol. The van der Waals surface area contributed by atoms with Crippen molar-refractivity contribution in [3.05, 3.63) is 89.0 Å². The lowest BCUT2D eigenvalue weighted by Crippen LogP contribution is -2.33. The SMILES string of the molecule is CC(C)(CNCc1ccc(F)c(F)c1)c1nc(-c2ccc(Cl)c(O)c2)c(-c2ccncc2)[nH]1.Cl. The van der Waals surface area contributed by atoms with E-state index in [2.05, 4.69) is 15.3 Å². The number of imidazole rings is 1. The number of aromatic amines is 1. The molecule has 0 aliphatic carbocycles. The highest BCUT2D eigenvalue weighted by Gasteiger charge is 2.27. The summed E-state index contributed by atoms with van der Waals surface area (Å²) >= 11 is 5.99. The molecule has 0 bridgehead atoms. The molecule has 0 fully saturated rings. The third kappa shape index (κ3) is 5.55. The van der Waals surface area contributed by atoms with E-state index in [9.17, 15) is 13.9 Å². The van der Waals surface area contributed by atoms with Crippen molar-refractivity contribution in [1.29, 1.82) is 0 Å². The van der Waals surface area contributed by atoms with E-state index in [-0.39, 0.29) is 23.2 Å². The van der Waals surface area contributed by atoms with Gasteiger partial charge in [-0.2, -0.15) is 0 Å². The van der Waals surface area contributed by atoms with Gasteiger partial charge in [0.1, 0.15) is 11.6 Å². The van der Waals surface area contributed by atoms with Gasteiger partial charge in [0.15, 0.2) is 11.6 Å². The summed E-state index contributed by atoms with van der Waals surface area (Å²) in [5.74, 6) is -1.01. The van der Waals surface area contributed by atoms with E-state index in [0.717, 1.165) is 28.7 Å². The van der Waals surface area contributed by atoms with Gasteiger partial charge in [-0.15, -0.1) is 12.4 Å². The van der Waals surface area contributed by atoms with Crippen molar-refractivity contribution in [3.8, 4) is 28.3 Å². The van der Waals surface area contributed by atoms with E-state index in [0.29, 0.717) is 24.3 Å². The van der Waals surface area contributed by atoms with Gasteiger partial charge in [-0.05, 0) is 42.0 Å². The van der Waals surface area contributed by atoms with E-state index >= 15 is 0 Å². The molecule has 0 spiro atoms. The molecule has 9 heteroatoms. The van der Waals surface area contributed by atoms with Crippen molar-refractivity contribution < 1.29 is 13.9 Å². The van der Waals surface area contributed by atoms with Crippen LogP contribution in [0.1, 0.15) is 25.2 Å². The van der Waals surface area contributed by atoms with Crippen LogP contribution in [0.2, 0.25) is 5.02 Å². The molecule has 4 rings (SSSR count). The number of pyridine rings is 1. The number of H-pyrrole nitrogens is 1. The lowest BCUT2D eigenvalue weighted by Gasteiger charge is -2.23. The number of benzene rings is 2. The molecular weight excluding hydrogens is 481 g/mol. The van der Waals surface area contributed by atoms with E-state index in [1.54, 1.807) is 36.7 Å². The number of hydrogen-bond acceptors (Lipinski definition) is 4. The molecule has 4 aromatic rings. The quantitative estimate of drug-likeness (QED) is 0.277. The predicted molar refractivity (Wildman–Crippen MR) is 132 cm³/mol. The van der Waals surface area contributed by atoms with E-state index in [1.807, 2.05) is 26.0 Å². The number of aromatic nitrogens is 3. The van der Waals surface area contributed by atoms with Crippen LogP contribution in [0, 0.1) is 11.6 Å². The molecule has 0 saturated heterocycles. The molecule has 0 atom stereocenters. The zero-order chi connectivity index (χ0) is 23.6. The Morgan fingerprint density at radius 3 is 2.41 bits per heavy atom. The number of rotatable bonds is 7. The maximum absolute atomic E-state index is 13.5. The third-order valence-corrected chi connectivity index (χ3v) is 5.73. The molecule has 0 amide bonds. The lowest BCUT2D eigenvalue weighted by molar-refractivity contribution is 0.446. The van der Waals surface area contributed by atoms with E-state index in [4.69, 9.17) is 16.6 Å². The first-order valence-corrected chi connectivity index (χ1v) is 10.8. The highest BCUT2D eigenvalue weighted by atomic mass is 35.5. The standard InChI is InChI=1S/C25H23ClF2N4O.ClH/c1-25(2,14-30-13-15-3-6-19(27)20(28)11-15)24-31-22(16-7-9-29-10-8-16)23(32-24)17-4-5-18(26)21(33)12-17;/h3-12,30,33H,13-14H2,1-2H3,(H,31,32);1H. The Balaban J connectivity index is 0.00000324. The van der Waals surface area contributed by atoms with Gasteiger partial charge in [-0.3, -0.25) is 4.98 Å². The fourth-order valence-corrected chi connectivity index (χ4v) is 3.66. The molecule has 5 nitrogen and oxygen atoms in total. The summed E-state index contributed by atoms with van der Waals surface area (Å²) < 4.78 is 26.6. The normalized spacial score (nSPS) is 11.3. The smallest absolute Gasteiger partial charge is 0.159 e. The Morgan fingerprint density at radius 2 is 1.74 bits per heavy atom. The Labute approximate surface area is 207 Å². The van der Waals surface area contributed by atoms with Crippen LogP contribution in [0.3, 0.4) is 0 Å². The monoisotopic (exact) mass is 504 g/mol. The highest BCUT2D eigenvalue weighted by Crippen LogP contribution is 2.36. The Kier molecular flexibility index (Phi) is 7.92. The molecular formula is C25H24Cl2F2N4O. The summed E-state index contributed by atoms with van der Waals surface area (Å²) in [4.78, 5) is 12.4. The Hall–Kier alpha value is -3.00. The summed E-state index contributed by atoms with van der Waals surface area (Å²) in [7, 11) is 0. The molecule has 0 radical (unpaired) electrons. The Bertz CT molecular complexity index is 1280. The summed E-state index contributed by atoms with van der Waals surface area (Å²) in [6.45, 7) is 4.98. The zero-order valence-electron chi connectivity index (χ0n) is 18.6. The second-order valence-corrected chi connectivity index (χ2v) is 8.85. The first-order chi connectivity index (χ1) is 15.7. The van der Waals surface area contributed by atoms with Crippen molar-refractivity contribution in [2.75, 3.05) is 6.54 Å². The molecule has 0 aliphatic heterocycles. The minimum Gasteiger partial charge on any atom is -0.506 e. The van der Waals surface area contributed by atoms with Gasteiger partial charge in [0.05, 0.1) is 16.4 Å². The highest BCUT2D eigenvalue weighted by molar-refractivity contribution is 6.32. The molecule has 0 saturated carbocycles. The van der Waals surface area contributed by atoms with Crippen LogP contribution in [0.15, 0.2) is 60.9 Å². The number of phenols is 1. The van der Waals surface area contributed by atoms with Crippen LogP contribution in [0.5, 0.6) is 5.75 Å². The van der Waals surface area contributed by atoms with Crippen molar-refractivity contribution in [2.24, 2.45) is 0 Å². The average Bonchev–Trinajstić information content (AvgIpc) is 3.25. The maximum atomic E-state index is 13.5. The molecule has 2 aromatic heterocycles. The van der Waals surface area contributed by atoms with Gasteiger partial charge < -0.3 is 15.4 Å². The van der Waals surface area contributed by atoms with Gasteiger partial charge >= 0.3 is 0 Å². The van der Waals surface area contributed by atoms with Gasteiger partial charge in [0.2, 0.25) is 0 Å². The van der Waals surface area contributed by atoms with Crippen LogP contribution in [0.4, 0.5) is 8.78 Å². The first-order valence-electron chi connectivity index (χ1n) is 10.4. The largest absolute Gasteiger partial charge is 0.506 e. The summed E-state index contributed by atoms with van der Waals surface area (Å²) in [6, 6.07) is 12.6. The minimum absolute atomic E-state index is 0. The van der Waals surface area contributed by atoms with Crippen molar-refractivity contribution in [1.82, 2.24) is 20.3 Å². The van der Waals surface area contributed by atoms with Crippen molar-refractivity contribution >= 4 is 24.0 Å². The fraction of sp³-hybridized carbons (Fsp3) is 0.200. The van der Waals surface area contributed by atoms with Crippen molar-refractivity contribution in [2.45, 2.75) is 25.8 Å². The lowest BCUT2D eigenvalue weighted by atomic mass is 9.92. The maximum Gasteiger partial charge on any atom is 0.159 e. The minimum atomic E-state index is -0.863. The first kappa shape index (κ1) is 25.6. The number of nitrogens with zero attached hydrogens (tertiary/aromatic N) is 2. The molecule has 0 unspecified atom stereocenters. The summed E-state index contributed by atoms with van der Waals surface area (Å²) in [6.07, 6.45) is 3.40. The van der Waals surface area contributed by atoms with Crippen LogP contribution < -0.4 is 5.32 Å². The number of aromatic hydroxyl groups is 1. The molecule has 34 heavy (non-hydrogen) atoms. The zero-order valence-corrected chi connectivity index (χ0v) is 20.1. The number of nitrogens with one attached hydrogen (secondary N) is 2. The van der Waals surface area contributed by atoms with Crippen LogP contribution >= 0.6 is 24.0 Å². The van der Waals surface area contributed by atoms with Gasteiger partial charge in [-0.1, -0.05) is 37.6 Å². The van der Waals surface area contributed by atoms with Crippen LogP contribution in [0.25, 0.3) is 22.5 Å². The van der Waals surface area contributed by atoms with E-state index in [1.165, 1.54) is 6.07 Å². The fourth-order valence-electron chi connectivity index (χ4n) is 3.54. The van der Waals surface area contributed by atoms with Crippen LogP contribution in [-0.2, 0) is 12.0 Å². The van der Waals surface area contributed by atoms with Gasteiger partial charge in [-0.25, -0.2) is 13.8 Å². The van der Waals surface area contributed by atoms with E-state index < -0.39 is 17.0 Å². The predicted octanol–water partition coefficient (Wildman–Crippen LogP) is 6.27. The number of phenolic OH excluding ortho intramolecular Hbond substituents is 1. The van der Waals surface area contributed by atoms with Crippen LogP contribution in [-0.4, -0.2) is 26.6 Å². The molecule has 3 N–H and O–H groups in total. The summed E-state index contributed by atoms with van der Waals surface area (Å²) in [5, 5.41) is 13.7.